The third-order valence-corrected chi connectivity index (χ3v) is 16.8. The highest BCUT2D eigenvalue weighted by atomic mass is 32.2. The zero-order valence-electron chi connectivity index (χ0n) is 46.3. The van der Waals surface area contributed by atoms with Crippen molar-refractivity contribution in [1.29, 1.82) is 0 Å². The van der Waals surface area contributed by atoms with Gasteiger partial charge < -0.3 is 54.3 Å². The third-order valence-electron chi connectivity index (χ3n) is 14.9. The second-order valence-electron chi connectivity index (χ2n) is 21.8. The topological polar surface area (TPSA) is 228 Å². The minimum absolute atomic E-state index is 0.00760. The van der Waals surface area contributed by atoms with E-state index in [2.05, 4.69) is 49.5 Å². The largest absolute Gasteiger partial charge is 0.496 e. The van der Waals surface area contributed by atoms with Crippen LogP contribution in [0.25, 0.3) is 22.3 Å². The van der Waals surface area contributed by atoms with Crippen molar-refractivity contribution in [3.8, 4) is 17.0 Å². The highest BCUT2D eigenvalue weighted by molar-refractivity contribution is 7.89. The summed E-state index contributed by atoms with van der Waals surface area (Å²) in [5.41, 5.74) is 3.46. The lowest BCUT2D eigenvalue weighted by molar-refractivity contribution is -0.157. The first-order valence-corrected chi connectivity index (χ1v) is 28.9. The van der Waals surface area contributed by atoms with Crippen molar-refractivity contribution in [3.63, 3.8) is 0 Å². The van der Waals surface area contributed by atoms with Gasteiger partial charge in [0.15, 0.2) is 5.65 Å². The number of piperazine rings is 1. The molecule has 4 fully saturated rings. The van der Waals surface area contributed by atoms with E-state index in [1.807, 2.05) is 82.3 Å². The van der Waals surface area contributed by atoms with Gasteiger partial charge in [-0.15, -0.1) is 0 Å². The molecule has 6 heterocycles. The van der Waals surface area contributed by atoms with Gasteiger partial charge in [0.2, 0.25) is 21.9 Å². The fourth-order valence-corrected chi connectivity index (χ4v) is 10.8. The van der Waals surface area contributed by atoms with Crippen LogP contribution in [0.1, 0.15) is 90.1 Å². The van der Waals surface area contributed by atoms with Gasteiger partial charge >= 0.3 is 5.97 Å². The summed E-state index contributed by atoms with van der Waals surface area (Å²) >= 11 is 0. The number of methoxy groups -OCH3 is 1. The summed E-state index contributed by atoms with van der Waals surface area (Å²) in [6.07, 6.45) is 4.43. The van der Waals surface area contributed by atoms with E-state index in [1.165, 1.54) is 6.20 Å². The Morgan fingerprint density at radius 3 is 2.23 bits per heavy atom. The molecule has 22 heteroatoms. The number of pyridine rings is 1. The molecule has 2 atom stereocenters. The Morgan fingerprint density at radius 1 is 0.833 bits per heavy atom. The van der Waals surface area contributed by atoms with Gasteiger partial charge in [-0.25, -0.2) is 18.4 Å². The maximum absolute atomic E-state index is 13.7. The van der Waals surface area contributed by atoms with Crippen LogP contribution in [0.5, 0.6) is 5.75 Å². The van der Waals surface area contributed by atoms with Gasteiger partial charge in [0.1, 0.15) is 29.6 Å². The van der Waals surface area contributed by atoms with E-state index < -0.39 is 21.0 Å². The molecule has 1 aliphatic carbocycles. The first-order chi connectivity index (χ1) is 37.4. The van der Waals surface area contributed by atoms with Crippen LogP contribution < -0.4 is 35.4 Å². The molecule has 9 rings (SSSR count). The molecular weight excluding hydrogens is 1020 g/mol. The van der Waals surface area contributed by atoms with Crippen LogP contribution in [-0.4, -0.2) is 165 Å². The van der Waals surface area contributed by atoms with Crippen LogP contribution in [-0.2, 0) is 40.4 Å². The minimum Gasteiger partial charge on any atom is -0.496 e. The van der Waals surface area contributed by atoms with Crippen LogP contribution in [0.15, 0.2) is 60.8 Å². The SMILES string of the molecule is CCS(=O)(=O)N1CCN(c2ccc(Nc3ncc(C(=O)NCCC(C)(C)OCCC(C)(C)C(=O)OCc4cc(-c5ccc6c(N7CCOC[C@H]7C)nc(N7CCOC[C@H]7C)nc6n5)ccc4OC)c(NC4CC4)n3)cc2)CC1. The standard InChI is InChI=1S/C56H76N12O9S/c1-9-78(71,72)66-25-23-65(24-26-66)43-15-13-42(14-16-43)60-53-58-33-45(49(62-53)59-41-11-12-41)51(69)57-22-20-56(6,7)77-29-21-55(4,5)52(70)76-36-40-32-39(10-19-47(40)73-8)46-18-17-44-48(61-46)63-54(68-28-31-75-35-38(68)3)64-50(44)67-27-30-74-34-37(67)2/h10,13-19,32-33,37-38,41H,9,11-12,20-31,34-36H2,1-8H3,(H,57,69)(H2,58,59,60,62)/t37-,38-/m1/s1. The van der Waals surface area contributed by atoms with E-state index in [4.69, 9.17) is 43.6 Å². The van der Waals surface area contributed by atoms with Gasteiger partial charge in [0.25, 0.3) is 5.91 Å². The van der Waals surface area contributed by atoms with Gasteiger partial charge in [-0.05, 0) is 129 Å². The number of sulfonamides is 1. The number of nitrogens with one attached hydrogen (secondary N) is 3. The summed E-state index contributed by atoms with van der Waals surface area (Å²) in [7, 11) is -1.61. The van der Waals surface area contributed by atoms with E-state index in [-0.39, 0.29) is 42.4 Å². The molecular formula is C56H76N12O9S. The van der Waals surface area contributed by atoms with Gasteiger partial charge in [0.05, 0.1) is 73.5 Å². The number of aromatic nitrogens is 5. The van der Waals surface area contributed by atoms with Crippen molar-refractivity contribution in [2.45, 2.75) is 104 Å². The van der Waals surface area contributed by atoms with Gasteiger partial charge in [0, 0.05) is 87.2 Å². The van der Waals surface area contributed by atoms with Crippen LogP contribution in [0, 0.1) is 5.41 Å². The number of amides is 1. The number of benzene rings is 2. The Balaban J connectivity index is 0.765. The lowest BCUT2D eigenvalue weighted by Gasteiger charge is -2.37. The smallest absolute Gasteiger partial charge is 0.311 e. The fraction of sp³-hybridized carbons (Fsp3) is 0.554. The lowest BCUT2D eigenvalue weighted by Crippen LogP contribution is -2.49. The number of fused-ring (bicyclic) bond motifs is 1. The summed E-state index contributed by atoms with van der Waals surface area (Å²) in [5, 5.41) is 10.5. The average molecular weight is 1090 g/mol. The van der Waals surface area contributed by atoms with Crippen LogP contribution in [0.3, 0.4) is 0 Å². The number of hydrogen-bond acceptors (Lipinski definition) is 19. The molecule has 420 valence electrons. The molecule has 1 amide bonds. The number of rotatable bonds is 22. The van der Waals surface area contributed by atoms with E-state index >= 15 is 0 Å². The first kappa shape index (κ1) is 56.3. The predicted molar refractivity (Wildman–Crippen MR) is 301 cm³/mol. The quantitative estimate of drug-likeness (QED) is 0.0605. The number of nitrogens with zero attached hydrogens (tertiary/aromatic N) is 9. The Morgan fingerprint density at radius 2 is 1.55 bits per heavy atom. The van der Waals surface area contributed by atoms with E-state index in [1.54, 1.807) is 18.3 Å². The predicted octanol–water partition coefficient (Wildman–Crippen LogP) is 6.81. The summed E-state index contributed by atoms with van der Waals surface area (Å²) in [4.78, 5) is 58.4. The number of ether oxygens (including phenoxy) is 5. The Labute approximate surface area is 458 Å². The maximum atomic E-state index is 13.7. The van der Waals surface area contributed by atoms with Crippen molar-refractivity contribution in [2.24, 2.45) is 5.41 Å². The molecule has 0 bridgehead atoms. The zero-order valence-corrected chi connectivity index (χ0v) is 47.2. The number of esters is 1. The molecule has 0 spiro atoms. The summed E-state index contributed by atoms with van der Waals surface area (Å²) in [6.45, 7) is 20.1. The monoisotopic (exact) mass is 1090 g/mol. The van der Waals surface area contributed by atoms with Crippen molar-refractivity contribution in [3.05, 3.63) is 71.9 Å². The molecule has 0 radical (unpaired) electrons. The van der Waals surface area contributed by atoms with E-state index in [9.17, 15) is 18.0 Å². The van der Waals surface area contributed by atoms with Gasteiger partial charge in [-0.2, -0.15) is 19.3 Å². The molecule has 3 aliphatic heterocycles. The molecule has 0 unspecified atom stereocenters. The van der Waals surface area contributed by atoms with E-state index in [0.29, 0.717) is 138 Å². The number of carbonyl (C=O) groups excluding carboxylic acids is 2. The van der Waals surface area contributed by atoms with Crippen molar-refractivity contribution >= 4 is 67.8 Å². The first-order valence-electron chi connectivity index (χ1n) is 27.3. The molecule has 78 heavy (non-hydrogen) atoms. The maximum Gasteiger partial charge on any atom is 0.311 e. The number of carbonyl (C=O) groups is 2. The van der Waals surface area contributed by atoms with Crippen LogP contribution >= 0.6 is 0 Å². The normalized spacial score (nSPS) is 18.7. The van der Waals surface area contributed by atoms with Gasteiger partial charge in [-0.3, -0.25) is 9.59 Å². The zero-order chi connectivity index (χ0) is 55.2. The summed E-state index contributed by atoms with van der Waals surface area (Å²) in [5.74, 6) is 2.29. The average Bonchev–Trinajstić information content (AvgIpc) is 4.31. The van der Waals surface area contributed by atoms with Crippen molar-refractivity contribution in [2.75, 3.05) is 117 Å². The highest BCUT2D eigenvalue weighted by Crippen LogP contribution is 2.34. The van der Waals surface area contributed by atoms with Crippen molar-refractivity contribution in [1.82, 2.24) is 34.5 Å². The van der Waals surface area contributed by atoms with Gasteiger partial charge in [-0.1, -0.05) is 0 Å². The Hall–Kier alpha value is -6.46. The van der Waals surface area contributed by atoms with Crippen LogP contribution in [0.4, 0.5) is 34.9 Å². The molecule has 2 aromatic carbocycles. The second kappa shape index (κ2) is 24.3. The third kappa shape index (κ3) is 13.7. The molecule has 3 N–H and O–H groups in total. The van der Waals surface area contributed by atoms with Crippen LogP contribution in [0.2, 0.25) is 0 Å². The highest BCUT2D eigenvalue weighted by Gasteiger charge is 2.33. The molecule has 4 aliphatic rings. The van der Waals surface area contributed by atoms with E-state index in [0.717, 1.165) is 41.0 Å². The van der Waals surface area contributed by atoms with Crippen molar-refractivity contribution < 1.29 is 41.7 Å². The molecule has 1 saturated carbocycles. The molecule has 3 saturated heterocycles. The second-order valence-corrected chi connectivity index (χ2v) is 24.1. The number of anilines is 6. The fourth-order valence-electron chi connectivity index (χ4n) is 9.71. The number of morpholine rings is 2. The Bertz CT molecular complexity index is 3030. The molecule has 3 aromatic heterocycles. The summed E-state index contributed by atoms with van der Waals surface area (Å²) in [6, 6.07) is 18.1. The summed E-state index contributed by atoms with van der Waals surface area (Å²) < 4.78 is 55.7. The lowest BCUT2D eigenvalue weighted by atomic mass is 9.90. The Kier molecular flexibility index (Phi) is 17.5. The molecule has 5 aromatic rings. The molecule has 21 nitrogen and oxygen atoms in total. The minimum atomic E-state index is -3.20. The number of hydrogen-bond donors (Lipinski definition) is 3.